The molecule has 7 rings (SSSR count). The van der Waals surface area contributed by atoms with Crippen LogP contribution in [0.1, 0.15) is 73.4 Å². The van der Waals surface area contributed by atoms with E-state index in [1.807, 2.05) is 13.8 Å². The Morgan fingerprint density at radius 3 is 2.03 bits per heavy atom. The van der Waals surface area contributed by atoms with Crippen molar-refractivity contribution in [3.8, 4) is 11.1 Å². The highest BCUT2D eigenvalue weighted by Gasteiger charge is 2.21. The summed E-state index contributed by atoms with van der Waals surface area (Å²) in [5.41, 5.74) is 13.3. The van der Waals surface area contributed by atoms with E-state index in [1.54, 1.807) is 5.56 Å². The molecule has 0 N–H and O–H groups in total. The lowest BCUT2D eigenvalue weighted by atomic mass is 9.79. The van der Waals surface area contributed by atoms with Crippen LogP contribution in [0, 0.1) is 0 Å². The fourth-order valence-electron chi connectivity index (χ4n) is 5.67. The van der Waals surface area contributed by atoms with E-state index in [4.69, 9.17) is 0 Å². The van der Waals surface area contributed by atoms with Crippen LogP contribution in [-0.2, 0) is 12.8 Å². The van der Waals surface area contributed by atoms with Gasteiger partial charge in [-0.15, -0.1) is 0 Å². The van der Waals surface area contributed by atoms with E-state index in [1.165, 1.54) is 55.3 Å². The van der Waals surface area contributed by atoms with Crippen molar-refractivity contribution in [2.75, 3.05) is 0 Å². The molecule has 0 aromatic heterocycles. The second-order valence-corrected chi connectivity index (χ2v) is 9.45. The number of benzene rings is 4. The third-order valence-corrected chi connectivity index (χ3v) is 7.20. The molecule has 4 aromatic carbocycles. The zero-order chi connectivity index (χ0) is 23.7. The molecule has 0 spiro atoms. The standard InChI is InChI=1S/C19H18.C13H10.C2H6/c1-12(2)16-10-8-15-7-6-13-4-3-5-14-9-11-17(16)19(15)18(13)14;1-3-7-12-10(5-1)9-11-6-2-4-8-13(11)12;1-2/h3-4,6-10,12H,5,11H2,1-2H3;1-8H,9H2;1-2H3. The Hall–Kier alpha value is -3.38. The highest BCUT2D eigenvalue weighted by molar-refractivity contribution is 6.03. The number of rotatable bonds is 1. The third-order valence-electron chi connectivity index (χ3n) is 7.20. The lowest BCUT2D eigenvalue weighted by Crippen LogP contribution is -2.06. The molecule has 0 nitrogen and oxygen atoms in total. The van der Waals surface area contributed by atoms with Crippen molar-refractivity contribution in [3.63, 3.8) is 0 Å². The van der Waals surface area contributed by atoms with Gasteiger partial charge in [0.25, 0.3) is 0 Å². The quantitative estimate of drug-likeness (QED) is 0.242. The number of hydrogen-bond donors (Lipinski definition) is 0. The van der Waals surface area contributed by atoms with Gasteiger partial charge in [0.15, 0.2) is 0 Å². The number of hydrogen-bond acceptors (Lipinski definition) is 0. The Morgan fingerprint density at radius 2 is 1.35 bits per heavy atom. The normalized spacial score (nSPS) is 13.9. The summed E-state index contributed by atoms with van der Waals surface area (Å²) in [6.07, 6.45) is 10.3. The van der Waals surface area contributed by atoms with Crippen LogP contribution in [0.15, 0.2) is 84.9 Å². The minimum atomic E-state index is 0.601. The summed E-state index contributed by atoms with van der Waals surface area (Å²) < 4.78 is 0. The summed E-state index contributed by atoms with van der Waals surface area (Å²) in [7, 11) is 0. The van der Waals surface area contributed by atoms with E-state index < -0.39 is 0 Å². The van der Waals surface area contributed by atoms with Crippen molar-refractivity contribution < 1.29 is 0 Å². The van der Waals surface area contributed by atoms with Crippen molar-refractivity contribution in [1.29, 1.82) is 0 Å². The fourth-order valence-corrected chi connectivity index (χ4v) is 5.67. The highest BCUT2D eigenvalue weighted by Crippen LogP contribution is 2.42. The molecule has 4 aromatic rings. The molecule has 34 heavy (non-hydrogen) atoms. The first-order valence-electron chi connectivity index (χ1n) is 12.8. The summed E-state index contributed by atoms with van der Waals surface area (Å²) in [6.45, 7) is 8.60. The van der Waals surface area contributed by atoms with Crippen molar-refractivity contribution in [1.82, 2.24) is 0 Å². The molecular weight excluding hydrogens is 408 g/mol. The van der Waals surface area contributed by atoms with E-state index in [0.717, 1.165) is 19.3 Å². The summed E-state index contributed by atoms with van der Waals surface area (Å²) in [5, 5.41) is 2.92. The molecular formula is C34H34. The maximum absolute atomic E-state index is 2.44. The fraction of sp³-hybridized carbons (Fsp3) is 0.235. The monoisotopic (exact) mass is 442 g/mol. The Labute approximate surface area is 204 Å². The Kier molecular flexibility index (Phi) is 6.24. The van der Waals surface area contributed by atoms with Gasteiger partial charge in [0.05, 0.1) is 0 Å². The van der Waals surface area contributed by atoms with Gasteiger partial charge in [-0.3, -0.25) is 0 Å². The van der Waals surface area contributed by atoms with Crippen molar-refractivity contribution in [2.45, 2.75) is 52.9 Å². The van der Waals surface area contributed by atoms with Gasteiger partial charge in [-0.05, 0) is 86.0 Å². The van der Waals surface area contributed by atoms with E-state index in [2.05, 4.69) is 105 Å². The van der Waals surface area contributed by atoms with Gasteiger partial charge < -0.3 is 0 Å². The molecule has 0 radical (unpaired) electrons. The van der Waals surface area contributed by atoms with Gasteiger partial charge in [-0.1, -0.05) is 119 Å². The second-order valence-electron chi connectivity index (χ2n) is 9.45. The smallest absolute Gasteiger partial charge is 0.00135 e. The molecule has 0 saturated heterocycles. The molecule has 0 amide bonds. The molecule has 0 bridgehead atoms. The molecule has 170 valence electrons. The molecule has 0 heterocycles. The Morgan fingerprint density at radius 1 is 0.706 bits per heavy atom. The second kappa shape index (κ2) is 9.47. The first-order valence-corrected chi connectivity index (χ1v) is 12.8. The van der Waals surface area contributed by atoms with Gasteiger partial charge in [0.1, 0.15) is 0 Å². The van der Waals surface area contributed by atoms with E-state index >= 15 is 0 Å². The Bertz CT molecular complexity index is 1370. The van der Waals surface area contributed by atoms with Crippen LogP contribution in [0.25, 0.3) is 33.5 Å². The zero-order valence-corrected chi connectivity index (χ0v) is 20.9. The molecule has 0 aliphatic heterocycles. The maximum Gasteiger partial charge on any atom is -0.00135 e. The van der Waals surface area contributed by atoms with Crippen molar-refractivity contribution in [2.24, 2.45) is 0 Å². The van der Waals surface area contributed by atoms with E-state index in [0.29, 0.717) is 5.92 Å². The van der Waals surface area contributed by atoms with Crippen LogP contribution >= 0.6 is 0 Å². The molecule has 0 heteroatoms. The lowest BCUT2D eigenvalue weighted by Gasteiger charge is -2.25. The minimum Gasteiger partial charge on any atom is -0.0795 e. The SMILES string of the molecule is CC.CC(C)c1ccc2ccc3c4c2c1CC=C4CC=C3.c1ccc2c(c1)Cc1ccccc1-2. The van der Waals surface area contributed by atoms with Crippen LogP contribution < -0.4 is 0 Å². The summed E-state index contributed by atoms with van der Waals surface area (Å²) in [5.74, 6) is 0.601. The number of fused-ring (bicyclic) bond motifs is 3. The van der Waals surface area contributed by atoms with Crippen LogP contribution in [0.5, 0.6) is 0 Å². The number of allylic oxidation sites excluding steroid dienone is 3. The van der Waals surface area contributed by atoms with Gasteiger partial charge in [-0.2, -0.15) is 0 Å². The van der Waals surface area contributed by atoms with Crippen LogP contribution in [0.4, 0.5) is 0 Å². The predicted octanol–water partition coefficient (Wildman–Crippen LogP) is 9.60. The molecule has 0 atom stereocenters. The average molecular weight is 443 g/mol. The highest BCUT2D eigenvalue weighted by atomic mass is 14.3. The van der Waals surface area contributed by atoms with Crippen molar-refractivity contribution >= 4 is 22.4 Å². The van der Waals surface area contributed by atoms with Crippen LogP contribution in [0.2, 0.25) is 0 Å². The predicted molar refractivity (Wildman–Crippen MR) is 149 cm³/mol. The van der Waals surface area contributed by atoms with Crippen LogP contribution in [0.3, 0.4) is 0 Å². The molecule has 3 aliphatic rings. The van der Waals surface area contributed by atoms with Gasteiger partial charge in [0.2, 0.25) is 0 Å². The Balaban J connectivity index is 0.000000140. The first kappa shape index (κ1) is 22.4. The summed E-state index contributed by atoms with van der Waals surface area (Å²) in [4.78, 5) is 0. The topological polar surface area (TPSA) is 0 Å². The van der Waals surface area contributed by atoms with Gasteiger partial charge >= 0.3 is 0 Å². The molecule has 0 fully saturated rings. The molecule has 0 unspecified atom stereocenters. The summed E-state index contributed by atoms with van der Waals surface area (Å²) in [6, 6.07) is 26.5. The van der Waals surface area contributed by atoms with Gasteiger partial charge in [-0.25, -0.2) is 0 Å². The lowest BCUT2D eigenvalue weighted by molar-refractivity contribution is 0.853. The van der Waals surface area contributed by atoms with E-state index in [9.17, 15) is 0 Å². The van der Waals surface area contributed by atoms with E-state index in [-0.39, 0.29) is 0 Å². The minimum absolute atomic E-state index is 0.601. The summed E-state index contributed by atoms with van der Waals surface area (Å²) >= 11 is 0. The van der Waals surface area contributed by atoms with Gasteiger partial charge in [0, 0.05) is 0 Å². The maximum atomic E-state index is 2.44. The van der Waals surface area contributed by atoms with Crippen LogP contribution in [-0.4, -0.2) is 0 Å². The zero-order valence-electron chi connectivity index (χ0n) is 20.9. The molecule has 0 saturated carbocycles. The first-order chi connectivity index (χ1) is 16.7. The average Bonchev–Trinajstić information content (AvgIpc) is 3.27. The largest absolute Gasteiger partial charge is 0.0795 e. The third kappa shape index (κ3) is 3.82. The van der Waals surface area contributed by atoms with Crippen molar-refractivity contribution in [3.05, 3.63) is 118 Å². The molecule has 3 aliphatic carbocycles.